The number of benzene rings is 1. The third kappa shape index (κ3) is 3.67. The van der Waals surface area contributed by atoms with Crippen molar-refractivity contribution in [3.63, 3.8) is 0 Å². The van der Waals surface area contributed by atoms with Crippen LogP contribution in [-0.2, 0) is 19.7 Å². The molecule has 0 atom stereocenters. The molecule has 2 amide bonds. The van der Waals surface area contributed by atoms with Gasteiger partial charge in [0.15, 0.2) is 0 Å². The Balaban J connectivity index is 1.37. The molecule has 1 aromatic carbocycles. The van der Waals surface area contributed by atoms with Gasteiger partial charge in [0.25, 0.3) is 0 Å². The maximum atomic E-state index is 12.7. The first-order valence-corrected chi connectivity index (χ1v) is 9.01. The molecule has 4 rings (SSSR count). The smallest absolute Gasteiger partial charge is 0.317 e. The normalized spacial score (nSPS) is 17.8. The Morgan fingerprint density at radius 3 is 3.00 bits per heavy atom. The molecule has 0 bridgehead atoms. The summed E-state index contributed by atoms with van der Waals surface area (Å²) in [5.74, 6) is 0.788. The third-order valence-electron chi connectivity index (χ3n) is 5.22. The van der Waals surface area contributed by atoms with Gasteiger partial charge in [-0.2, -0.15) is 0 Å². The van der Waals surface area contributed by atoms with Crippen LogP contribution >= 0.6 is 0 Å². The van der Waals surface area contributed by atoms with Crippen molar-refractivity contribution in [2.24, 2.45) is 5.41 Å². The molecule has 1 fully saturated rings. The highest BCUT2D eigenvalue weighted by Crippen LogP contribution is 2.46. The minimum absolute atomic E-state index is 0.0176. The Labute approximate surface area is 152 Å². The van der Waals surface area contributed by atoms with Gasteiger partial charge in [0.2, 0.25) is 0 Å². The van der Waals surface area contributed by atoms with Crippen LogP contribution in [0.5, 0.6) is 5.75 Å². The number of aliphatic hydroxyl groups is 1. The summed E-state index contributed by atoms with van der Waals surface area (Å²) < 4.78 is 7.82. The van der Waals surface area contributed by atoms with E-state index in [-0.39, 0.29) is 18.1 Å². The van der Waals surface area contributed by atoms with Gasteiger partial charge >= 0.3 is 6.03 Å². The lowest BCUT2D eigenvalue weighted by molar-refractivity contribution is 0.184. The van der Waals surface area contributed by atoms with Gasteiger partial charge in [-0.25, -0.2) is 9.78 Å². The van der Waals surface area contributed by atoms with Crippen molar-refractivity contribution in [3.8, 4) is 5.75 Å². The fraction of sp³-hybridized carbons (Fsp3) is 0.474. The molecular formula is C19H24N4O3. The zero-order valence-electron chi connectivity index (χ0n) is 14.7. The highest BCUT2D eigenvalue weighted by Gasteiger charge is 2.43. The Morgan fingerprint density at radius 1 is 1.38 bits per heavy atom. The number of hydrogen-bond acceptors (Lipinski definition) is 4. The molecule has 1 aromatic heterocycles. The zero-order chi connectivity index (χ0) is 18.0. The van der Waals surface area contributed by atoms with E-state index in [0.29, 0.717) is 26.2 Å². The highest BCUT2D eigenvalue weighted by atomic mass is 16.5. The number of imidazole rings is 1. The Hall–Kier alpha value is -2.54. The third-order valence-corrected chi connectivity index (χ3v) is 5.22. The largest absolute Gasteiger partial charge is 0.491 e. The number of aliphatic hydroxyl groups excluding tert-OH is 1. The van der Waals surface area contributed by atoms with Gasteiger partial charge in [-0.1, -0.05) is 6.07 Å². The van der Waals surface area contributed by atoms with E-state index in [4.69, 9.17) is 4.74 Å². The van der Waals surface area contributed by atoms with E-state index in [2.05, 4.69) is 14.9 Å². The van der Waals surface area contributed by atoms with Crippen LogP contribution in [0, 0.1) is 5.41 Å². The fourth-order valence-electron chi connectivity index (χ4n) is 3.43. The molecule has 2 heterocycles. The molecule has 1 aliphatic heterocycles. The standard InChI is InChI=1S/C19H24N4O3/c24-11-15-1-2-17-16(9-15)10-23(7-8-26-17)18(25)21-12-19(3-4-19)13-22-6-5-20-14-22/h1-2,5-6,9,14,24H,3-4,7-8,10-13H2,(H,21,25). The number of ether oxygens (including phenoxy) is 1. The van der Waals surface area contributed by atoms with Crippen molar-refractivity contribution in [1.82, 2.24) is 19.8 Å². The summed E-state index contributed by atoms with van der Waals surface area (Å²) in [6.45, 7) is 3.05. The molecule has 7 heteroatoms. The number of nitrogens with zero attached hydrogens (tertiary/aromatic N) is 3. The minimum Gasteiger partial charge on any atom is -0.491 e. The Morgan fingerprint density at radius 2 is 2.27 bits per heavy atom. The average molecular weight is 356 g/mol. The SMILES string of the molecule is O=C(NCC1(Cn2ccnc2)CC1)N1CCOc2ccc(CO)cc2C1. The van der Waals surface area contributed by atoms with Crippen LogP contribution in [-0.4, -0.2) is 45.3 Å². The molecule has 26 heavy (non-hydrogen) atoms. The van der Waals surface area contributed by atoms with Gasteiger partial charge in [-0.15, -0.1) is 0 Å². The molecule has 2 N–H and O–H groups in total. The van der Waals surface area contributed by atoms with Crippen molar-refractivity contribution in [2.75, 3.05) is 19.7 Å². The summed E-state index contributed by atoms with van der Waals surface area (Å²) >= 11 is 0. The topological polar surface area (TPSA) is 79.6 Å². The number of aromatic nitrogens is 2. The number of carbonyl (C=O) groups is 1. The second-order valence-electron chi connectivity index (χ2n) is 7.26. The van der Waals surface area contributed by atoms with Crippen LogP contribution in [0.2, 0.25) is 0 Å². The second-order valence-corrected chi connectivity index (χ2v) is 7.26. The lowest BCUT2D eigenvalue weighted by Crippen LogP contribution is -2.43. The number of urea groups is 1. The summed E-state index contributed by atoms with van der Waals surface area (Å²) in [5, 5.41) is 12.4. The first-order chi connectivity index (χ1) is 12.7. The highest BCUT2D eigenvalue weighted by molar-refractivity contribution is 5.74. The zero-order valence-corrected chi connectivity index (χ0v) is 14.7. The molecule has 0 unspecified atom stereocenters. The molecule has 7 nitrogen and oxygen atoms in total. The summed E-state index contributed by atoms with van der Waals surface area (Å²) in [6, 6.07) is 5.56. The molecule has 1 aliphatic carbocycles. The maximum Gasteiger partial charge on any atom is 0.317 e. The lowest BCUT2D eigenvalue weighted by Gasteiger charge is -2.23. The van der Waals surface area contributed by atoms with E-state index < -0.39 is 0 Å². The van der Waals surface area contributed by atoms with Gasteiger partial charge in [-0.05, 0) is 30.5 Å². The number of amides is 2. The number of fused-ring (bicyclic) bond motifs is 1. The van der Waals surface area contributed by atoms with Crippen LogP contribution in [0.25, 0.3) is 0 Å². The first-order valence-electron chi connectivity index (χ1n) is 9.01. The van der Waals surface area contributed by atoms with Crippen LogP contribution in [0.15, 0.2) is 36.9 Å². The lowest BCUT2D eigenvalue weighted by atomic mass is 10.1. The molecule has 0 saturated heterocycles. The predicted octanol–water partition coefficient (Wildman–Crippen LogP) is 1.76. The molecule has 2 aliphatic rings. The Kier molecular flexibility index (Phi) is 4.55. The maximum absolute atomic E-state index is 12.7. The Bertz CT molecular complexity index is 771. The van der Waals surface area contributed by atoms with Crippen LogP contribution in [0.1, 0.15) is 24.0 Å². The van der Waals surface area contributed by atoms with E-state index in [1.54, 1.807) is 11.1 Å². The molecule has 0 spiro atoms. The van der Waals surface area contributed by atoms with Gasteiger partial charge < -0.3 is 24.6 Å². The quantitative estimate of drug-likeness (QED) is 0.856. The summed E-state index contributed by atoms with van der Waals surface area (Å²) in [5.41, 5.74) is 1.91. The minimum atomic E-state index is -0.0623. The first kappa shape index (κ1) is 16.9. The fourth-order valence-corrected chi connectivity index (χ4v) is 3.43. The molecular weight excluding hydrogens is 332 g/mol. The number of hydrogen-bond donors (Lipinski definition) is 2. The van der Waals surface area contributed by atoms with Gasteiger partial charge in [0.1, 0.15) is 12.4 Å². The summed E-state index contributed by atoms with van der Waals surface area (Å²) in [6.07, 6.45) is 7.81. The average Bonchev–Trinajstić information content (AvgIpc) is 3.30. The van der Waals surface area contributed by atoms with Gasteiger partial charge in [0, 0.05) is 36.5 Å². The van der Waals surface area contributed by atoms with Crippen molar-refractivity contribution < 1.29 is 14.6 Å². The van der Waals surface area contributed by atoms with E-state index in [1.807, 2.05) is 30.7 Å². The molecule has 2 aromatic rings. The summed E-state index contributed by atoms with van der Waals surface area (Å²) in [4.78, 5) is 18.5. The van der Waals surface area contributed by atoms with Crippen LogP contribution < -0.4 is 10.1 Å². The van der Waals surface area contributed by atoms with Gasteiger partial charge in [0.05, 0.1) is 26.0 Å². The number of nitrogens with one attached hydrogen (secondary N) is 1. The molecule has 138 valence electrons. The van der Waals surface area contributed by atoms with E-state index >= 15 is 0 Å². The number of rotatable bonds is 5. The van der Waals surface area contributed by atoms with E-state index in [9.17, 15) is 9.90 Å². The molecule has 1 saturated carbocycles. The molecule has 0 radical (unpaired) electrons. The van der Waals surface area contributed by atoms with E-state index in [0.717, 1.165) is 36.3 Å². The summed E-state index contributed by atoms with van der Waals surface area (Å²) in [7, 11) is 0. The van der Waals surface area contributed by atoms with Crippen molar-refractivity contribution in [1.29, 1.82) is 0 Å². The monoisotopic (exact) mass is 356 g/mol. The second kappa shape index (κ2) is 6.99. The van der Waals surface area contributed by atoms with Crippen molar-refractivity contribution in [2.45, 2.75) is 32.5 Å². The number of carbonyl (C=O) groups excluding carboxylic acids is 1. The van der Waals surface area contributed by atoms with Crippen molar-refractivity contribution >= 4 is 6.03 Å². The predicted molar refractivity (Wildman–Crippen MR) is 95.6 cm³/mol. The van der Waals surface area contributed by atoms with Crippen LogP contribution in [0.3, 0.4) is 0 Å². The van der Waals surface area contributed by atoms with E-state index in [1.165, 1.54) is 0 Å². The van der Waals surface area contributed by atoms with Gasteiger partial charge in [-0.3, -0.25) is 0 Å². The van der Waals surface area contributed by atoms with Crippen molar-refractivity contribution in [3.05, 3.63) is 48.0 Å². The van der Waals surface area contributed by atoms with Crippen LogP contribution in [0.4, 0.5) is 4.79 Å².